The molecular weight excluding hydrogens is 230 g/mol. The minimum Gasteiger partial charge on any atom is -0.461 e. The molecule has 0 atom stereocenters. The van der Waals surface area contributed by atoms with Crippen molar-refractivity contribution in [2.24, 2.45) is 0 Å². The zero-order valence-corrected chi connectivity index (χ0v) is 9.65. The number of carbonyl (C=O) groups is 1. The van der Waals surface area contributed by atoms with Crippen LogP contribution >= 0.6 is 11.6 Å². The first-order valence-corrected chi connectivity index (χ1v) is 5.18. The summed E-state index contributed by atoms with van der Waals surface area (Å²) in [4.78, 5) is 19.6. The van der Waals surface area contributed by atoms with E-state index < -0.39 is 5.97 Å². The number of hydrogen-bond acceptors (Lipinski definition) is 4. The van der Waals surface area contributed by atoms with Crippen molar-refractivity contribution in [3.63, 3.8) is 0 Å². The number of imidazole rings is 1. The predicted molar refractivity (Wildman–Crippen MR) is 58.7 cm³/mol. The number of carbonyl (C=O) groups excluding carboxylic acids is 1. The van der Waals surface area contributed by atoms with Crippen molar-refractivity contribution in [1.29, 1.82) is 0 Å². The second kappa shape index (κ2) is 4.09. The van der Waals surface area contributed by atoms with Crippen LogP contribution in [-0.4, -0.2) is 26.9 Å². The summed E-state index contributed by atoms with van der Waals surface area (Å²) in [5.41, 5.74) is 1.42. The molecule has 0 radical (unpaired) electrons. The highest BCUT2D eigenvalue weighted by Gasteiger charge is 2.16. The van der Waals surface area contributed by atoms with E-state index in [2.05, 4.69) is 9.97 Å². The lowest BCUT2D eigenvalue weighted by Crippen LogP contribution is -2.06. The van der Waals surface area contributed by atoms with Gasteiger partial charge in [-0.05, 0) is 13.8 Å². The van der Waals surface area contributed by atoms with Gasteiger partial charge in [-0.25, -0.2) is 14.8 Å². The molecule has 0 aliphatic heterocycles. The predicted octanol–water partition coefficient (Wildman–Crippen LogP) is 1.87. The molecule has 0 fully saturated rings. The van der Waals surface area contributed by atoms with Crippen LogP contribution in [0.15, 0.2) is 12.5 Å². The molecule has 0 unspecified atom stereocenters. The van der Waals surface area contributed by atoms with Gasteiger partial charge in [0.2, 0.25) is 0 Å². The van der Waals surface area contributed by atoms with Gasteiger partial charge in [-0.1, -0.05) is 11.6 Å². The zero-order chi connectivity index (χ0) is 11.7. The summed E-state index contributed by atoms with van der Waals surface area (Å²) in [6.45, 7) is 3.87. The second-order valence-corrected chi connectivity index (χ2v) is 3.62. The van der Waals surface area contributed by atoms with Crippen LogP contribution in [-0.2, 0) is 4.74 Å². The van der Waals surface area contributed by atoms with Gasteiger partial charge in [0.15, 0.2) is 11.3 Å². The van der Waals surface area contributed by atoms with Crippen molar-refractivity contribution in [3.8, 4) is 0 Å². The third-order valence-corrected chi connectivity index (χ3v) is 2.48. The molecule has 16 heavy (non-hydrogen) atoms. The SMILES string of the molecule is CCOC(=O)c1ncn2cc(C)c(Cl)nc12. The monoisotopic (exact) mass is 239 g/mol. The first kappa shape index (κ1) is 10.9. The molecule has 0 aromatic carbocycles. The molecule has 2 aromatic rings. The number of ether oxygens (including phenoxy) is 1. The molecule has 84 valence electrons. The molecule has 0 saturated heterocycles. The molecule has 0 saturated carbocycles. The summed E-state index contributed by atoms with van der Waals surface area (Å²) in [6.07, 6.45) is 3.28. The average Bonchev–Trinajstić information content (AvgIpc) is 2.62. The maximum absolute atomic E-state index is 11.5. The Morgan fingerprint density at radius 2 is 2.38 bits per heavy atom. The molecule has 0 bridgehead atoms. The van der Waals surface area contributed by atoms with Crippen molar-refractivity contribution in [3.05, 3.63) is 28.9 Å². The molecule has 5 nitrogen and oxygen atoms in total. The van der Waals surface area contributed by atoms with Crippen LogP contribution in [0.1, 0.15) is 23.0 Å². The van der Waals surface area contributed by atoms with Crippen molar-refractivity contribution in [2.45, 2.75) is 13.8 Å². The highest BCUT2D eigenvalue weighted by Crippen LogP contribution is 2.16. The van der Waals surface area contributed by atoms with Crippen molar-refractivity contribution in [2.75, 3.05) is 6.61 Å². The highest BCUT2D eigenvalue weighted by molar-refractivity contribution is 6.30. The van der Waals surface area contributed by atoms with E-state index in [9.17, 15) is 4.79 Å². The third kappa shape index (κ3) is 1.74. The molecule has 0 aliphatic rings. The van der Waals surface area contributed by atoms with E-state index in [1.165, 1.54) is 6.33 Å². The Balaban J connectivity index is 2.56. The van der Waals surface area contributed by atoms with Crippen molar-refractivity contribution in [1.82, 2.24) is 14.4 Å². The molecule has 6 heteroatoms. The van der Waals surface area contributed by atoms with Gasteiger partial charge in [0.05, 0.1) is 6.61 Å². The van der Waals surface area contributed by atoms with E-state index in [0.29, 0.717) is 17.4 Å². The Hall–Kier alpha value is -1.62. The smallest absolute Gasteiger partial charge is 0.360 e. The van der Waals surface area contributed by atoms with E-state index >= 15 is 0 Å². The first-order chi connectivity index (χ1) is 7.63. The highest BCUT2D eigenvalue weighted by atomic mass is 35.5. The molecule has 2 heterocycles. The lowest BCUT2D eigenvalue weighted by atomic mass is 10.4. The van der Waals surface area contributed by atoms with E-state index in [-0.39, 0.29) is 5.69 Å². The quantitative estimate of drug-likeness (QED) is 0.593. The minimum absolute atomic E-state index is 0.184. The number of aryl methyl sites for hydroxylation is 1. The largest absolute Gasteiger partial charge is 0.461 e. The molecule has 0 amide bonds. The van der Waals surface area contributed by atoms with Crippen LogP contribution in [0.3, 0.4) is 0 Å². The summed E-state index contributed by atoms with van der Waals surface area (Å²) in [7, 11) is 0. The summed E-state index contributed by atoms with van der Waals surface area (Å²) in [5, 5.41) is 0.360. The van der Waals surface area contributed by atoms with Crippen molar-refractivity contribution >= 4 is 23.2 Å². The Bertz CT molecular complexity index is 550. The normalized spacial score (nSPS) is 10.7. The van der Waals surface area contributed by atoms with Gasteiger partial charge in [0.25, 0.3) is 0 Å². The van der Waals surface area contributed by atoms with Crippen LogP contribution in [0.2, 0.25) is 5.15 Å². The summed E-state index contributed by atoms with van der Waals surface area (Å²) < 4.78 is 6.51. The average molecular weight is 240 g/mol. The summed E-state index contributed by atoms with van der Waals surface area (Å²) >= 11 is 5.89. The topological polar surface area (TPSA) is 56.5 Å². The van der Waals surface area contributed by atoms with Gasteiger partial charge in [-0.3, -0.25) is 4.40 Å². The fraction of sp³-hybridized carbons (Fsp3) is 0.300. The van der Waals surface area contributed by atoms with Gasteiger partial charge in [0, 0.05) is 11.8 Å². The molecule has 2 aromatic heterocycles. The molecular formula is C10H10ClN3O2. The van der Waals surface area contributed by atoms with Gasteiger partial charge in [-0.2, -0.15) is 0 Å². The Labute approximate surface area is 97.0 Å². The van der Waals surface area contributed by atoms with Gasteiger partial charge >= 0.3 is 5.97 Å². The van der Waals surface area contributed by atoms with E-state index in [4.69, 9.17) is 16.3 Å². The van der Waals surface area contributed by atoms with Crippen LogP contribution in [0.4, 0.5) is 0 Å². The maximum atomic E-state index is 11.5. The Morgan fingerprint density at radius 3 is 3.06 bits per heavy atom. The van der Waals surface area contributed by atoms with Gasteiger partial charge < -0.3 is 4.74 Å². The zero-order valence-electron chi connectivity index (χ0n) is 8.90. The Kier molecular flexibility index (Phi) is 2.78. The number of halogens is 1. The first-order valence-electron chi connectivity index (χ1n) is 4.80. The fourth-order valence-corrected chi connectivity index (χ4v) is 1.48. The standard InChI is InChI=1S/C10H10ClN3O2/c1-3-16-10(15)7-9-13-8(11)6(2)4-14(9)5-12-7/h4-5H,3H2,1-2H3. The van der Waals surface area contributed by atoms with Crippen LogP contribution in [0, 0.1) is 6.92 Å². The van der Waals surface area contributed by atoms with Crippen LogP contribution in [0.25, 0.3) is 5.65 Å². The fourth-order valence-electron chi connectivity index (χ4n) is 1.35. The summed E-state index contributed by atoms with van der Waals surface area (Å²) in [5.74, 6) is -0.489. The molecule has 2 rings (SSSR count). The van der Waals surface area contributed by atoms with Gasteiger partial charge in [0.1, 0.15) is 11.5 Å². The molecule has 0 N–H and O–H groups in total. The van der Waals surface area contributed by atoms with Crippen LogP contribution < -0.4 is 0 Å². The van der Waals surface area contributed by atoms with E-state index in [1.54, 1.807) is 17.5 Å². The van der Waals surface area contributed by atoms with Gasteiger partial charge in [-0.15, -0.1) is 0 Å². The number of hydrogen-bond donors (Lipinski definition) is 0. The molecule has 0 spiro atoms. The summed E-state index contributed by atoms with van der Waals surface area (Å²) in [6, 6.07) is 0. The van der Waals surface area contributed by atoms with E-state index in [1.807, 2.05) is 6.92 Å². The second-order valence-electron chi connectivity index (χ2n) is 3.26. The number of fused-ring (bicyclic) bond motifs is 1. The number of esters is 1. The maximum Gasteiger partial charge on any atom is 0.360 e. The minimum atomic E-state index is -0.489. The number of aromatic nitrogens is 3. The number of nitrogens with zero attached hydrogens (tertiary/aromatic N) is 3. The third-order valence-electron chi connectivity index (χ3n) is 2.10. The lowest BCUT2D eigenvalue weighted by molar-refractivity contribution is 0.0522. The van der Waals surface area contributed by atoms with E-state index in [0.717, 1.165) is 5.56 Å². The van der Waals surface area contributed by atoms with Crippen molar-refractivity contribution < 1.29 is 9.53 Å². The molecule has 0 aliphatic carbocycles. The number of rotatable bonds is 2. The lowest BCUT2D eigenvalue weighted by Gasteiger charge is -2.01. The van der Waals surface area contributed by atoms with Crippen LogP contribution in [0.5, 0.6) is 0 Å². The Morgan fingerprint density at radius 1 is 1.62 bits per heavy atom.